The number of hydrogen-bond donors (Lipinski definition) is 0. The molecule has 0 atom stereocenters. The van der Waals surface area contributed by atoms with Crippen molar-refractivity contribution in [1.82, 2.24) is 0 Å². The first kappa shape index (κ1) is 17.8. The van der Waals surface area contributed by atoms with Gasteiger partial charge < -0.3 is 9.30 Å². The van der Waals surface area contributed by atoms with Gasteiger partial charge >= 0.3 is 0 Å². The summed E-state index contributed by atoms with van der Waals surface area (Å²) in [6.45, 7) is 17.5. The van der Waals surface area contributed by atoms with Crippen LogP contribution >= 0.6 is 11.6 Å². The molecule has 0 N–H and O–H groups in total. The summed E-state index contributed by atoms with van der Waals surface area (Å²) in [5, 5.41) is 2.25. The van der Waals surface area contributed by atoms with E-state index in [-0.39, 0.29) is 0 Å². The molecule has 1 rings (SSSR count). The van der Waals surface area contributed by atoms with E-state index in [4.69, 9.17) is 16.3 Å². The number of benzene rings is 1. The third-order valence-corrected chi connectivity index (χ3v) is 7.76. The molecule has 114 valence electrons. The molecule has 0 amide bonds. The van der Waals surface area contributed by atoms with Gasteiger partial charge in [0.2, 0.25) is 0 Å². The zero-order valence-electron chi connectivity index (χ0n) is 13.9. The van der Waals surface area contributed by atoms with Gasteiger partial charge in [-0.2, -0.15) is 0 Å². The normalized spacial score (nSPS) is 12.6. The highest BCUT2D eigenvalue weighted by Gasteiger charge is 2.31. The van der Waals surface area contributed by atoms with E-state index in [1.807, 2.05) is 13.0 Å². The molecular weight excluding hydrogens is 302 g/mol. The van der Waals surface area contributed by atoms with Crippen LogP contribution in [0, 0.1) is 0 Å². The lowest BCUT2D eigenvalue weighted by Crippen LogP contribution is -2.52. The van der Waals surface area contributed by atoms with E-state index in [1.54, 1.807) is 0 Å². The Morgan fingerprint density at radius 2 is 1.70 bits per heavy atom. The van der Waals surface area contributed by atoms with E-state index in [1.165, 1.54) is 10.9 Å². The Balaban J connectivity index is 3.37. The van der Waals surface area contributed by atoms with Crippen molar-refractivity contribution in [2.24, 2.45) is 0 Å². The summed E-state index contributed by atoms with van der Waals surface area (Å²) in [6.07, 6.45) is 0. The van der Waals surface area contributed by atoms with Crippen LogP contribution in [0.2, 0.25) is 44.3 Å². The van der Waals surface area contributed by atoms with Gasteiger partial charge in [-0.15, -0.1) is 0 Å². The Bertz CT molecular complexity index is 452. The van der Waals surface area contributed by atoms with Crippen molar-refractivity contribution in [2.75, 3.05) is 17.9 Å². The van der Waals surface area contributed by atoms with Crippen LogP contribution in [0.5, 0.6) is 0 Å². The van der Waals surface area contributed by atoms with Crippen molar-refractivity contribution < 1.29 is 4.74 Å². The molecule has 0 aliphatic heterocycles. The standard InChI is InChI=1S/C15H28ClNOSi2/c1-8-18-12-17(20(5,6)7)14-11-9-10-13(16)15(14)19(2,3)4/h9-11H,8,12H2,1-7H3. The van der Waals surface area contributed by atoms with Crippen molar-refractivity contribution in [2.45, 2.75) is 46.2 Å². The third-order valence-electron chi connectivity index (χ3n) is 3.27. The van der Waals surface area contributed by atoms with Gasteiger partial charge in [0.25, 0.3) is 0 Å². The second-order valence-electron chi connectivity index (χ2n) is 7.10. The number of nitrogens with zero attached hydrogens (tertiary/aromatic N) is 1. The minimum Gasteiger partial charge on any atom is -0.377 e. The molecule has 1 aromatic carbocycles. The quantitative estimate of drug-likeness (QED) is 0.562. The summed E-state index contributed by atoms with van der Waals surface area (Å²) in [6, 6.07) is 6.28. The summed E-state index contributed by atoms with van der Waals surface area (Å²) in [5.74, 6) is 0. The predicted molar refractivity (Wildman–Crippen MR) is 96.8 cm³/mol. The maximum atomic E-state index is 6.52. The molecule has 0 saturated heterocycles. The van der Waals surface area contributed by atoms with Crippen molar-refractivity contribution in [3.8, 4) is 0 Å². The molecule has 0 saturated carbocycles. The zero-order chi connectivity index (χ0) is 15.6. The zero-order valence-corrected chi connectivity index (χ0v) is 16.6. The minimum absolute atomic E-state index is 0.657. The first-order valence-electron chi connectivity index (χ1n) is 7.23. The van der Waals surface area contributed by atoms with Gasteiger partial charge in [-0.25, -0.2) is 0 Å². The van der Waals surface area contributed by atoms with Crippen LogP contribution in [0.4, 0.5) is 5.69 Å². The summed E-state index contributed by atoms with van der Waals surface area (Å²) >= 11 is 6.52. The van der Waals surface area contributed by atoms with Crippen molar-refractivity contribution in [3.05, 3.63) is 23.2 Å². The van der Waals surface area contributed by atoms with Crippen molar-refractivity contribution in [1.29, 1.82) is 0 Å². The molecule has 5 heteroatoms. The smallest absolute Gasteiger partial charge is 0.150 e. The highest BCUT2D eigenvalue weighted by molar-refractivity contribution is 6.92. The molecule has 0 radical (unpaired) electrons. The molecule has 0 aliphatic carbocycles. The van der Waals surface area contributed by atoms with Gasteiger partial charge in [0.15, 0.2) is 0 Å². The largest absolute Gasteiger partial charge is 0.377 e. The Hall–Kier alpha value is -0.296. The monoisotopic (exact) mass is 329 g/mol. The second kappa shape index (κ2) is 6.64. The van der Waals surface area contributed by atoms with Crippen molar-refractivity contribution >= 4 is 38.8 Å². The Kier molecular flexibility index (Phi) is 5.90. The topological polar surface area (TPSA) is 12.5 Å². The number of anilines is 1. The average Bonchev–Trinajstić information content (AvgIpc) is 2.25. The summed E-state index contributed by atoms with van der Waals surface area (Å²) in [5.41, 5.74) is 1.28. The maximum Gasteiger partial charge on any atom is 0.150 e. The highest BCUT2D eigenvalue weighted by atomic mass is 35.5. The van der Waals surface area contributed by atoms with E-state index in [0.29, 0.717) is 6.73 Å². The Morgan fingerprint density at radius 1 is 1.10 bits per heavy atom. The molecule has 0 aromatic heterocycles. The molecule has 2 nitrogen and oxygen atoms in total. The van der Waals surface area contributed by atoms with Crippen LogP contribution in [0.25, 0.3) is 0 Å². The molecule has 0 heterocycles. The van der Waals surface area contributed by atoms with Gasteiger partial charge in [-0.05, 0) is 24.2 Å². The Morgan fingerprint density at radius 3 is 2.15 bits per heavy atom. The number of hydrogen-bond acceptors (Lipinski definition) is 2. The van der Waals surface area contributed by atoms with Crippen LogP contribution in [-0.2, 0) is 4.74 Å². The van der Waals surface area contributed by atoms with E-state index >= 15 is 0 Å². The van der Waals surface area contributed by atoms with Crippen molar-refractivity contribution in [3.63, 3.8) is 0 Å². The molecule has 0 spiro atoms. The van der Waals surface area contributed by atoms with E-state index in [9.17, 15) is 0 Å². The number of rotatable bonds is 6. The first-order valence-corrected chi connectivity index (χ1v) is 14.6. The fourth-order valence-electron chi connectivity index (χ4n) is 2.29. The van der Waals surface area contributed by atoms with Gasteiger partial charge in [-0.1, -0.05) is 56.9 Å². The predicted octanol–water partition coefficient (Wildman–Crippen LogP) is 4.52. The SMILES string of the molecule is CCOCN(c1cccc(Cl)c1[Si](C)(C)C)[Si](C)(C)C. The average molecular weight is 330 g/mol. The lowest BCUT2D eigenvalue weighted by Gasteiger charge is -2.39. The third kappa shape index (κ3) is 4.35. The van der Waals surface area contributed by atoms with Crippen LogP contribution in [0.15, 0.2) is 18.2 Å². The summed E-state index contributed by atoms with van der Waals surface area (Å²) < 4.78 is 8.17. The number of ether oxygens (including phenoxy) is 1. The first-order chi connectivity index (χ1) is 9.09. The fraction of sp³-hybridized carbons (Fsp3) is 0.600. The number of halogens is 1. The van der Waals surface area contributed by atoms with Crippen LogP contribution < -0.4 is 9.75 Å². The fourth-order valence-corrected chi connectivity index (χ4v) is 6.59. The maximum absolute atomic E-state index is 6.52. The summed E-state index contributed by atoms with van der Waals surface area (Å²) in [7, 11) is -3.04. The molecular formula is C15H28ClNOSi2. The molecule has 0 unspecified atom stereocenters. The van der Waals surface area contributed by atoms with Gasteiger partial charge in [-0.3, -0.25) is 0 Å². The molecule has 0 aliphatic rings. The van der Waals surface area contributed by atoms with Gasteiger partial charge in [0.1, 0.15) is 15.0 Å². The highest BCUT2D eigenvalue weighted by Crippen LogP contribution is 2.26. The lowest BCUT2D eigenvalue weighted by atomic mass is 10.3. The molecule has 20 heavy (non-hydrogen) atoms. The van der Waals surface area contributed by atoms with Crippen LogP contribution in [-0.4, -0.2) is 29.6 Å². The summed E-state index contributed by atoms with van der Waals surface area (Å²) in [4.78, 5) is 0. The molecule has 1 aromatic rings. The van der Waals surface area contributed by atoms with Gasteiger partial charge in [0, 0.05) is 17.3 Å². The van der Waals surface area contributed by atoms with Crippen LogP contribution in [0.3, 0.4) is 0 Å². The lowest BCUT2D eigenvalue weighted by molar-refractivity contribution is 0.156. The molecule has 0 fully saturated rings. The van der Waals surface area contributed by atoms with Gasteiger partial charge in [0.05, 0.1) is 8.07 Å². The van der Waals surface area contributed by atoms with Crippen LogP contribution in [0.1, 0.15) is 6.92 Å². The van der Waals surface area contributed by atoms with E-state index in [2.05, 4.69) is 56.0 Å². The molecule has 0 bridgehead atoms. The van der Waals surface area contributed by atoms with E-state index in [0.717, 1.165) is 11.6 Å². The second-order valence-corrected chi connectivity index (χ2v) is 17.4. The minimum atomic E-state index is -1.53. The van der Waals surface area contributed by atoms with E-state index < -0.39 is 16.3 Å². The Labute approximate surface area is 131 Å².